The molecule has 2 heteroatoms. The van der Waals surface area contributed by atoms with Gasteiger partial charge in [-0.2, -0.15) is 0 Å². The molecular formula is C10H15NO. The van der Waals surface area contributed by atoms with Crippen LogP contribution in [-0.4, -0.2) is 23.8 Å². The summed E-state index contributed by atoms with van der Waals surface area (Å²) in [6.45, 7) is 7.42. The first-order valence-corrected chi connectivity index (χ1v) is 4.30. The molecule has 2 nitrogen and oxygen atoms in total. The molecule has 0 saturated carbocycles. The van der Waals surface area contributed by atoms with Crippen molar-refractivity contribution in [3.63, 3.8) is 0 Å². The Morgan fingerprint density at radius 1 is 1.75 bits per heavy atom. The minimum atomic E-state index is 0.111. The first kappa shape index (κ1) is 9.04. The van der Waals surface area contributed by atoms with Crippen molar-refractivity contribution in [3.05, 3.63) is 24.4 Å². The Labute approximate surface area is 73.6 Å². The van der Waals surface area contributed by atoms with Gasteiger partial charge in [0.05, 0.1) is 0 Å². The van der Waals surface area contributed by atoms with Crippen LogP contribution in [0.5, 0.6) is 0 Å². The van der Waals surface area contributed by atoms with E-state index in [2.05, 4.69) is 11.5 Å². The SMILES string of the molecule is C=C1CCCN1C/C=C/C(C)=O. The molecule has 0 aliphatic carbocycles. The zero-order chi connectivity index (χ0) is 8.97. The van der Waals surface area contributed by atoms with E-state index in [0.29, 0.717) is 0 Å². The van der Waals surface area contributed by atoms with Crippen molar-refractivity contribution in [2.24, 2.45) is 0 Å². The van der Waals surface area contributed by atoms with E-state index in [0.717, 1.165) is 19.5 Å². The van der Waals surface area contributed by atoms with E-state index in [-0.39, 0.29) is 5.78 Å². The summed E-state index contributed by atoms with van der Waals surface area (Å²) < 4.78 is 0. The molecule has 66 valence electrons. The van der Waals surface area contributed by atoms with E-state index in [4.69, 9.17) is 0 Å². The normalized spacial score (nSPS) is 17.8. The van der Waals surface area contributed by atoms with E-state index >= 15 is 0 Å². The first-order chi connectivity index (χ1) is 5.70. The second-order valence-corrected chi connectivity index (χ2v) is 3.13. The first-order valence-electron chi connectivity index (χ1n) is 4.30. The van der Waals surface area contributed by atoms with Crippen molar-refractivity contribution in [3.8, 4) is 0 Å². The molecule has 1 aliphatic heterocycles. The van der Waals surface area contributed by atoms with Crippen molar-refractivity contribution in [2.45, 2.75) is 19.8 Å². The zero-order valence-electron chi connectivity index (χ0n) is 7.55. The fourth-order valence-corrected chi connectivity index (χ4v) is 1.36. The number of nitrogens with zero attached hydrogens (tertiary/aromatic N) is 1. The van der Waals surface area contributed by atoms with Gasteiger partial charge in [0.2, 0.25) is 0 Å². The predicted octanol–water partition coefficient (Wildman–Crippen LogP) is 1.74. The van der Waals surface area contributed by atoms with Crippen molar-refractivity contribution < 1.29 is 4.79 Å². The molecule has 0 bridgehead atoms. The smallest absolute Gasteiger partial charge is 0.152 e. The van der Waals surface area contributed by atoms with Gasteiger partial charge in [0.25, 0.3) is 0 Å². The van der Waals surface area contributed by atoms with Gasteiger partial charge in [0, 0.05) is 18.8 Å². The quantitative estimate of drug-likeness (QED) is 0.594. The van der Waals surface area contributed by atoms with Gasteiger partial charge in [-0.05, 0) is 25.8 Å². The maximum Gasteiger partial charge on any atom is 0.152 e. The summed E-state index contributed by atoms with van der Waals surface area (Å²) >= 11 is 0. The Balaban J connectivity index is 2.31. The monoisotopic (exact) mass is 165 g/mol. The van der Waals surface area contributed by atoms with Gasteiger partial charge in [0.15, 0.2) is 5.78 Å². The van der Waals surface area contributed by atoms with E-state index in [1.54, 1.807) is 13.0 Å². The highest BCUT2D eigenvalue weighted by molar-refractivity contribution is 5.87. The zero-order valence-corrected chi connectivity index (χ0v) is 7.55. The molecule has 0 aromatic rings. The minimum absolute atomic E-state index is 0.111. The van der Waals surface area contributed by atoms with Gasteiger partial charge in [0.1, 0.15) is 0 Å². The van der Waals surface area contributed by atoms with Crippen LogP contribution in [0.3, 0.4) is 0 Å². The number of hydrogen-bond acceptors (Lipinski definition) is 2. The molecule has 0 radical (unpaired) electrons. The molecule has 0 aromatic carbocycles. The number of carbonyl (C=O) groups is 1. The molecule has 1 heterocycles. The van der Waals surface area contributed by atoms with Gasteiger partial charge in [-0.15, -0.1) is 0 Å². The summed E-state index contributed by atoms with van der Waals surface area (Å²) in [5, 5.41) is 0. The van der Waals surface area contributed by atoms with Crippen LogP contribution < -0.4 is 0 Å². The average molecular weight is 165 g/mol. The number of hydrogen-bond donors (Lipinski definition) is 0. The molecular weight excluding hydrogens is 150 g/mol. The van der Waals surface area contributed by atoms with Gasteiger partial charge < -0.3 is 4.90 Å². The van der Waals surface area contributed by atoms with Crippen molar-refractivity contribution in [1.29, 1.82) is 0 Å². The van der Waals surface area contributed by atoms with Gasteiger partial charge in [-0.25, -0.2) is 0 Å². The van der Waals surface area contributed by atoms with E-state index in [9.17, 15) is 4.79 Å². The summed E-state index contributed by atoms with van der Waals surface area (Å²) in [6, 6.07) is 0. The third-order valence-corrected chi connectivity index (χ3v) is 2.02. The number of likely N-dealkylation sites (tertiary alicyclic amines) is 1. The van der Waals surface area contributed by atoms with Gasteiger partial charge in [-0.1, -0.05) is 12.7 Å². The Kier molecular flexibility index (Phi) is 3.09. The number of allylic oxidation sites excluding steroid dienone is 2. The lowest BCUT2D eigenvalue weighted by Crippen LogP contribution is -2.16. The van der Waals surface area contributed by atoms with Crippen LogP contribution >= 0.6 is 0 Å². The topological polar surface area (TPSA) is 20.3 Å². The lowest BCUT2D eigenvalue weighted by atomic mass is 10.3. The van der Waals surface area contributed by atoms with Crippen LogP contribution in [0.15, 0.2) is 24.4 Å². The molecule has 1 aliphatic rings. The highest BCUT2D eigenvalue weighted by Crippen LogP contribution is 2.17. The molecule has 0 N–H and O–H groups in total. The van der Waals surface area contributed by atoms with Crippen molar-refractivity contribution in [2.75, 3.05) is 13.1 Å². The highest BCUT2D eigenvalue weighted by Gasteiger charge is 2.12. The van der Waals surface area contributed by atoms with Crippen LogP contribution in [0, 0.1) is 0 Å². The average Bonchev–Trinajstić information content (AvgIpc) is 2.36. The van der Waals surface area contributed by atoms with Gasteiger partial charge in [-0.3, -0.25) is 4.79 Å². The Morgan fingerprint density at radius 3 is 3.00 bits per heavy atom. The van der Waals surface area contributed by atoms with Gasteiger partial charge >= 0.3 is 0 Å². The Morgan fingerprint density at radius 2 is 2.50 bits per heavy atom. The van der Waals surface area contributed by atoms with E-state index < -0.39 is 0 Å². The fourth-order valence-electron chi connectivity index (χ4n) is 1.36. The molecule has 1 rings (SSSR count). The largest absolute Gasteiger partial charge is 0.372 e. The molecule has 0 spiro atoms. The standard InChI is InChI=1S/C10H15NO/c1-9-5-3-7-11(9)8-4-6-10(2)12/h4,6H,1,3,5,7-8H2,2H3/b6-4+. The molecule has 1 fully saturated rings. The number of rotatable bonds is 3. The van der Waals surface area contributed by atoms with Crippen LogP contribution in [0.2, 0.25) is 0 Å². The second-order valence-electron chi connectivity index (χ2n) is 3.13. The molecule has 12 heavy (non-hydrogen) atoms. The molecule has 0 amide bonds. The summed E-state index contributed by atoms with van der Waals surface area (Å²) in [5.41, 5.74) is 1.20. The lowest BCUT2D eigenvalue weighted by molar-refractivity contribution is -0.112. The highest BCUT2D eigenvalue weighted by atomic mass is 16.1. The summed E-state index contributed by atoms with van der Waals surface area (Å²) in [4.78, 5) is 12.8. The lowest BCUT2D eigenvalue weighted by Gasteiger charge is -2.15. The summed E-state index contributed by atoms with van der Waals surface area (Å²) in [5.74, 6) is 0.111. The third-order valence-electron chi connectivity index (χ3n) is 2.02. The Hall–Kier alpha value is -1.05. The summed E-state index contributed by atoms with van der Waals surface area (Å²) in [7, 11) is 0. The number of ketones is 1. The molecule has 0 unspecified atom stereocenters. The van der Waals surface area contributed by atoms with Crippen LogP contribution in [0.25, 0.3) is 0 Å². The fraction of sp³-hybridized carbons (Fsp3) is 0.500. The Bertz CT molecular complexity index is 218. The molecule has 0 aromatic heterocycles. The third kappa shape index (κ3) is 2.53. The van der Waals surface area contributed by atoms with E-state index in [1.165, 1.54) is 12.1 Å². The number of carbonyl (C=O) groups excluding carboxylic acids is 1. The predicted molar refractivity (Wildman–Crippen MR) is 49.8 cm³/mol. The van der Waals surface area contributed by atoms with Crippen molar-refractivity contribution >= 4 is 5.78 Å². The maximum atomic E-state index is 10.6. The van der Waals surface area contributed by atoms with Crippen LogP contribution in [0.4, 0.5) is 0 Å². The second kappa shape index (κ2) is 4.10. The molecule has 0 atom stereocenters. The molecule has 1 saturated heterocycles. The summed E-state index contributed by atoms with van der Waals surface area (Å²) in [6.07, 6.45) is 5.82. The van der Waals surface area contributed by atoms with Crippen LogP contribution in [-0.2, 0) is 4.79 Å². The minimum Gasteiger partial charge on any atom is -0.372 e. The van der Waals surface area contributed by atoms with E-state index in [1.807, 2.05) is 6.08 Å². The maximum absolute atomic E-state index is 10.6. The van der Waals surface area contributed by atoms with Crippen molar-refractivity contribution in [1.82, 2.24) is 4.90 Å². The van der Waals surface area contributed by atoms with Crippen LogP contribution in [0.1, 0.15) is 19.8 Å².